The predicted molar refractivity (Wildman–Crippen MR) is 134 cm³/mol. The van der Waals surface area contributed by atoms with Crippen LogP contribution in [0.25, 0.3) is 0 Å². The molecule has 6 nitrogen and oxygen atoms in total. The molecule has 7 heteroatoms. The van der Waals surface area contributed by atoms with Crippen LogP contribution in [0.2, 0.25) is 0 Å². The van der Waals surface area contributed by atoms with Crippen LogP contribution in [-0.2, 0) is 15.9 Å². The van der Waals surface area contributed by atoms with Gasteiger partial charge in [-0.2, -0.15) is 0 Å². The van der Waals surface area contributed by atoms with Crippen LogP contribution in [0.4, 0.5) is 0 Å². The minimum absolute atomic E-state index is 0. The van der Waals surface area contributed by atoms with E-state index < -0.39 is 0 Å². The normalized spacial score (nSPS) is 22.1. The first-order chi connectivity index (χ1) is 14.3. The summed E-state index contributed by atoms with van der Waals surface area (Å²) in [4.78, 5) is 7.41. The lowest BCUT2D eigenvalue weighted by molar-refractivity contribution is 0.0420. The number of halogens is 1. The van der Waals surface area contributed by atoms with Gasteiger partial charge in [-0.15, -0.1) is 24.0 Å². The number of benzene rings is 1. The zero-order valence-electron chi connectivity index (χ0n) is 18.4. The highest BCUT2D eigenvalue weighted by Gasteiger charge is 2.22. The topological polar surface area (TPSA) is 58.1 Å². The van der Waals surface area contributed by atoms with E-state index in [0.29, 0.717) is 12.0 Å². The maximum absolute atomic E-state index is 5.82. The molecule has 2 aliphatic rings. The Morgan fingerprint density at radius 2 is 2.10 bits per heavy atom. The van der Waals surface area contributed by atoms with Crippen LogP contribution in [0.5, 0.6) is 0 Å². The van der Waals surface area contributed by atoms with E-state index in [1.165, 1.54) is 18.5 Å². The van der Waals surface area contributed by atoms with E-state index in [9.17, 15) is 0 Å². The van der Waals surface area contributed by atoms with E-state index >= 15 is 0 Å². The summed E-state index contributed by atoms with van der Waals surface area (Å²) in [6.45, 7) is 10.6. The van der Waals surface area contributed by atoms with E-state index in [1.54, 1.807) is 0 Å². The molecular formula is C23H39IN4O2. The van der Waals surface area contributed by atoms with Gasteiger partial charge in [0, 0.05) is 45.9 Å². The highest BCUT2D eigenvalue weighted by atomic mass is 127. The van der Waals surface area contributed by atoms with Gasteiger partial charge in [-0.3, -0.25) is 4.99 Å². The minimum Gasteiger partial charge on any atom is -0.379 e. The van der Waals surface area contributed by atoms with Gasteiger partial charge < -0.3 is 25.0 Å². The number of rotatable bonds is 11. The molecule has 2 atom stereocenters. The van der Waals surface area contributed by atoms with Gasteiger partial charge in [0.2, 0.25) is 0 Å². The Kier molecular flexibility index (Phi) is 12.7. The number of guanidine groups is 1. The predicted octanol–water partition coefficient (Wildman–Crippen LogP) is 2.92. The monoisotopic (exact) mass is 530 g/mol. The van der Waals surface area contributed by atoms with Gasteiger partial charge >= 0.3 is 0 Å². The zero-order valence-corrected chi connectivity index (χ0v) is 20.7. The summed E-state index contributed by atoms with van der Waals surface area (Å²) in [6.07, 6.45) is 4.69. The van der Waals surface area contributed by atoms with Crippen molar-refractivity contribution in [1.29, 1.82) is 0 Å². The Hall–Kier alpha value is -0.900. The third-order valence-electron chi connectivity index (χ3n) is 5.64. The second-order valence-electron chi connectivity index (χ2n) is 8.05. The molecule has 0 aliphatic carbocycles. The van der Waals surface area contributed by atoms with Crippen molar-refractivity contribution >= 4 is 29.9 Å². The molecule has 0 radical (unpaired) electrons. The number of nitrogens with one attached hydrogen (secondary N) is 2. The van der Waals surface area contributed by atoms with Crippen LogP contribution >= 0.6 is 24.0 Å². The van der Waals surface area contributed by atoms with Crippen molar-refractivity contribution in [1.82, 2.24) is 15.5 Å². The lowest BCUT2D eigenvalue weighted by Gasteiger charge is -2.16. The van der Waals surface area contributed by atoms with Crippen molar-refractivity contribution in [2.24, 2.45) is 10.9 Å². The first-order valence-corrected chi connectivity index (χ1v) is 11.3. The molecule has 0 bridgehead atoms. The fourth-order valence-electron chi connectivity index (χ4n) is 3.93. The second-order valence-corrected chi connectivity index (χ2v) is 8.05. The molecule has 2 fully saturated rings. The van der Waals surface area contributed by atoms with Crippen molar-refractivity contribution in [3.63, 3.8) is 0 Å². The number of hydrogen-bond acceptors (Lipinski definition) is 4. The van der Waals surface area contributed by atoms with Crippen molar-refractivity contribution < 1.29 is 9.47 Å². The van der Waals surface area contributed by atoms with E-state index in [-0.39, 0.29) is 24.0 Å². The number of nitrogens with zero attached hydrogens (tertiary/aromatic N) is 2. The third kappa shape index (κ3) is 9.49. The Morgan fingerprint density at radius 3 is 2.87 bits per heavy atom. The van der Waals surface area contributed by atoms with Crippen LogP contribution < -0.4 is 10.6 Å². The van der Waals surface area contributed by atoms with Gasteiger partial charge in [0.15, 0.2) is 5.96 Å². The molecule has 2 unspecified atom stereocenters. The average Bonchev–Trinajstić information content (AvgIpc) is 3.43. The maximum atomic E-state index is 5.82. The third-order valence-corrected chi connectivity index (χ3v) is 5.64. The van der Waals surface area contributed by atoms with E-state index in [2.05, 4.69) is 52.8 Å². The molecule has 2 aliphatic heterocycles. The van der Waals surface area contributed by atoms with Gasteiger partial charge in [-0.25, -0.2) is 0 Å². The van der Waals surface area contributed by atoms with Crippen LogP contribution in [0.15, 0.2) is 35.3 Å². The molecule has 0 spiro atoms. The Morgan fingerprint density at radius 1 is 1.23 bits per heavy atom. The summed E-state index contributed by atoms with van der Waals surface area (Å²) in [5.74, 6) is 1.59. The number of ether oxygens (including phenoxy) is 2. The Bertz CT molecular complexity index is 596. The molecule has 1 aromatic rings. The Balaban J connectivity index is 0.00000320. The lowest BCUT2D eigenvalue weighted by Crippen LogP contribution is -2.38. The summed E-state index contributed by atoms with van der Waals surface area (Å²) in [5.41, 5.74) is 1.43. The van der Waals surface area contributed by atoms with Gasteiger partial charge in [0.25, 0.3) is 0 Å². The molecule has 1 aromatic carbocycles. The molecule has 2 saturated heterocycles. The first-order valence-electron chi connectivity index (χ1n) is 11.3. The van der Waals surface area contributed by atoms with Gasteiger partial charge in [-0.05, 0) is 50.6 Å². The van der Waals surface area contributed by atoms with E-state index in [1.807, 2.05) is 0 Å². The molecule has 30 heavy (non-hydrogen) atoms. The van der Waals surface area contributed by atoms with Crippen molar-refractivity contribution in [3.8, 4) is 0 Å². The highest BCUT2D eigenvalue weighted by Crippen LogP contribution is 2.17. The maximum Gasteiger partial charge on any atom is 0.191 e. The van der Waals surface area contributed by atoms with Crippen molar-refractivity contribution in [2.45, 2.75) is 38.7 Å². The van der Waals surface area contributed by atoms with E-state index in [4.69, 9.17) is 14.5 Å². The van der Waals surface area contributed by atoms with Gasteiger partial charge in [0.05, 0.1) is 12.7 Å². The van der Waals surface area contributed by atoms with Crippen molar-refractivity contribution in [3.05, 3.63) is 35.9 Å². The summed E-state index contributed by atoms with van der Waals surface area (Å²) in [7, 11) is 0. The average molecular weight is 530 g/mol. The van der Waals surface area contributed by atoms with Crippen LogP contribution in [0, 0.1) is 5.92 Å². The number of aliphatic imine (C=N–C) groups is 1. The van der Waals surface area contributed by atoms with Crippen molar-refractivity contribution in [2.75, 3.05) is 59.1 Å². The number of hydrogen-bond donors (Lipinski definition) is 2. The molecule has 3 rings (SSSR count). The number of likely N-dealkylation sites (tertiary alicyclic amines) is 1. The summed E-state index contributed by atoms with van der Waals surface area (Å²) in [6, 6.07) is 10.8. The molecule has 0 saturated carbocycles. The van der Waals surface area contributed by atoms with Gasteiger partial charge in [0.1, 0.15) is 0 Å². The van der Waals surface area contributed by atoms with Gasteiger partial charge in [-0.1, -0.05) is 30.3 Å². The molecule has 0 aromatic heterocycles. The van der Waals surface area contributed by atoms with Crippen LogP contribution in [0.1, 0.15) is 31.7 Å². The minimum atomic E-state index is 0. The fourth-order valence-corrected chi connectivity index (χ4v) is 3.93. The molecule has 0 amide bonds. The lowest BCUT2D eigenvalue weighted by atomic mass is 10.1. The SMILES string of the molecule is CCNC(=NCC1CCN(CCc2ccccc2)C1)NCCCOC1CCOC1.I. The highest BCUT2D eigenvalue weighted by molar-refractivity contribution is 14.0. The molecule has 2 N–H and O–H groups in total. The van der Waals surface area contributed by atoms with Crippen LogP contribution in [0.3, 0.4) is 0 Å². The standard InChI is InChI=1S/C23H38N4O2.HI/c1-2-24-23(25-12-6-15-29-22-11-16-28-19-22)26-17-21-10-14-27(18-21)13-9-20-7-4-3-5-8-20;/h3-5,7-8,21-22H,2,6,9-19H2,1H3,(H2,24,25,26);1H. The van der Waals surface area contributed by atoms with E-state index in [0.717, 1.165) is 77.8 Å². The van der Waals surface area contributed by atoms with Crippen LogP contribution in [-0.4, -0.2) is 76.1 Å². The summed E-state index contributed by atoms with van der Waals surface area (Å²) >= 11 is 0. The second kappa shape index (κ2) is 15.0. The quantitative estimate of drug-likeness (QED) is 0.200. The summed E-state index contributed by atoms with van der Waals surface area (Å²) in [5, 5.41) is 6.80. The zero-order chi connectivity index (χ0) is 20.2. The Labute approximate surface area is 199 Å². The fraction of sp³-hybridized carbons (Fsp3) is 0.696. The largest absolute Gasteiger partial charge is 0.379 e. The smallest absolute Gasteiger partial charge is 0.191 e. The summed E-state index contributed by atoms with van der Waals surface area (Å²) < 4.78 is 11.2. The first kappa shape index (κ1) is 25.4. The molecule has 170 valence electrons. The molecule has 2 heterocycles. The molecular weight excluding hydrogens is 491 g/mol.